The van der Waals surface area contributed by atoms with Crippen LogP contribution >= 0.6 is 0 Å². The van der Waals surface area contributed by atoms with E-state index in [1.165, 1.54) is 24.0 Å². The van der Waals surface area contributed by atoms with E-state index >= 15 is 0 Å². The molecule has 20 heavy (non-hydrogen) atoms. The molecule has 1 aliphatic heterocycles. The molecule has 3 atom stereocenters. The van der Waals surface area contributed by atoms with Crippen LogP contribution in [0.1, 0.15) is 49.8 Å². The first-order valence-electron chi connectivity index (χ1n) is 7.76. The first-order chi connectivity index (χ1) is 9.72. The summed E-state index contributed by atoms with van der Waals surface area (Å²) < 4.78 is 11.9. The van der Waals surface area contributed by atoms with Crippen LogP contribution in [0.4, 0.5) is 0 Å². The fourth-order valence-electron chi connectivity index (χ4n) is 2.71. The van der Waals surface area contributed by atoms with Gasteiger partial charge in [0.1, 0.15) is 0 Å². The van der Waals surface area contributed by atoms with Gasteiger partial charge in [0, 0.05) is 12.6 Å². The van der Waals surface area contributed by atoms with Crippen LogP contribution in [0.3, 0.4) is 0 Å². The van der Waals surface area contributed by atoms with Crippen LogP contribution in [0.25, 0.3) is 0 Å². The van der Waals surface area contributed by atoms with E-state index in [4.69, 9.17) is 15.2 Å². The van der Waals surface area contributed by atoms with Gasteiger partial charge in [-0.25, -0.2) is 0 Å². The summed E-state index contributed by atoms with van der Waals surface area (Å²) in [6.45, 7) is 5.73. The van der Waals surface area contributed by atoms with Crippen LogP contribution in [0.15, 0.2) is 24.3 Å². The predicted molar refractivity (Wildman–Crippen MR) is 81.7 cm³/mol. The van der Waals surface area contributed by atoms with Crippen molar-refractivity contribution < 1.29 is 9.47 Å². The molecule has 1 aromatic rings. The van der Waals surface area contributed by atoms with Crippen molar-refractivity contribution in [2.24, 2.45) is 5.73 Å². The minimum absolute atomic E-state index is 0.0275. The molecule has 112 valence electrons. The van der Waals surface area contributed by atoms with Crippen molar-refractivity contribution in [1.82, 2.24) is 0 Å². The second-order valence-electron chi connectivity index (χ2n) is 5.67. The molecular weight excluding hydrogens is 250 g/mol. The van der Waals surface area contributed by atoms with Crippen molar-refractivity contribution in [2.45, 2.75) is 57.8 Å². The summed E-state index contributed by atoms with van der Waals surface area (Å²) >= 11 is 0. The number of aryl methyl sites for hydroxylation is 1. The van der Waals surface area contributed by atoms with Crippen LogP contribution in [0.5, 0.6) is 0 Å². The van der Waals surface area contributed by atoms with Crippen LogP contribution in [-0.4, -0.2) is 25.4 Å². The molecule has 0 amide bonds. The Morgan fingerprint density at radius 2 is 2.15 bits per heavy atom. The second kappa shape index (κ2) is 7.77. The van der Waals surface area contributed by atoms with Gasteiger partial charge in [-0.3, -0.25) is 0 Å². The maximum Gasteiger partial charge on any atom is 0.0979 e. The first kappa shape index (κ1) is 15.5. The van der Waals surface area contributed by atoms with Crippen molar-refractivity contribution in [3.8, 4) is 0 Å². The number of ether oxygens (including phenoxy) is 2. The lowest BCUT2D eigenvalue weighted by Gasteiger charge is -2.29. The topological polar surface area (TPSA) is 44.5 Å². The highest BCUT2D eigenvalue weighted by Gasteiger charge is 2.23. The van der Waals surface area contributed by atoms with E-state index in [9.17, 15) is 0 Å². The van der Waals surface area contributed by atoms with Gasteiger partial charge in [-0.1, -0.05) is 31.2 Å². The normalized spacial score (nSPS) is 22.4. The second-order valence-corrected chi connectivity index (χ2v) is 5.67. The van der Waals surface area contributed by atoms with Gasteiger partial charge in [0.15, 0.2) is 0 Å². The molecule has 0 saturated carbocycles. The summed E-state index contributed by atoms with van der Waals surface area (Å²) in [7, 11) is 0. The summed E-state index contributed by atoms with van der Waals surface area (Å²) in [6.07, 6.45) is 4.62. The Labute approximate surface area is 122 Å². The molecule has 1 heterocycles. The maximum absolute atomic E-state index is 6.27. The van der Waals surface area contributed by atoms with Gasteiger partial charge in [0.25, 0.3) is 0 Å². The molecule has 3 heteroatoms. The van der Waals surface area contributed by atoms with Crippen LogP contribution in [-0.2, 0) is 9.47 Å². The zero-order chi connectivity index (χ0) is 14.4. The molecular formula is C17H27NO2. The molecule has 0 radical (unpaired) electrons. The SMILES string of the molecule is CCC(N)C(OCC1CCCCO1)c1ccccc1C. The largest absolute Gasteiger partial charge is 0.376 e. The highest BCUT2D eigenvalue weighted by molar-refractivity contribution is 5.28. The van der Waals surface area contributed by atoms with E-state index in [1.807, 2.05) is 0 Å². The van der Waals surface area contributed by atoms with Crippen LogP contribution in [0.2, 0.25) is 0 Å². The monoisotopic (exact) mass is 277 g/mol. The molecule has 0 spiro atoms. The zero-order valence-corrected chi connectivity index (χ0v) is 12.7. The fourth-order valence-corrected chi connectivity index (χ4v) is 2.71. The maximum atomic E-state index is 6.27. The minimum Gasteiger partial charge on any atom is -0.376 e. The molecule has 1 aromatic carbocycles. The van der Waals surface area contributed by atoms with E-state index in [0.29, 0.717) is 6.61 Å². The van der Waals surface area contributed by atoms with Gasteiger partial charge < -0.3 is 15.2 Å². The minimum atomic E-state index is -0.0354. The third-order valence-electron chi connectivity index (χ3n) is 4.09. The molecule has 0 bridgehead atoms. The third-order valence-corrected chi connectivity index (χ3v) is 4.09. The summed E-state index contributed by atoms with van der Waals surface area (Å²) in [5.41, 5.74) is 8.72. The zero-order valence-electron chi connectivity index (χ0n) is 12.7. The van der Waals surface area contributed by atoms with E-state index in [0.717, 1.165) is 19.4 Å². The number of hydrogen-bond acceptors (Lipinski definition) is 3. The van der Waals surface area contributed by atoms with Crippen LogP contribution in [0, 0.1) is 6.92 Å². The van der Waals surface area contributed by atoms with Crippen LogP contribution < -0.4 is 5.73 Å². The van der Waals surface area contributed by atoms with E-state index in [1.54, 1.807) is 0 Å². The molecule has 2 N–H and O–H groups in total. The van der Waals surface area contributed by atoms with Gasteiger partial charge in [-0.15, -0.1) is 0 Å². The van der Waals surface area contributed by atoms with Crippen molar-refractivity contribution >= 4 is 0 Å². The van der Waals surface area contributed by atoms with Gasteiger partial charge >= 0.3 is 0 Å². The van der Waals surface area contributed by atoms with E-state index in [-0.39, 0.29) is 18.2 Å². The average molecular weight is 277 g/mol. The third kappa shape index (κ3) is 4.05. The Balaban J connectivity index is 2.02. The smallest absolute Gasteiger partial charge is 0.0979 e. The molecule has 1 saturated heterocycles. The Morgan fingerprint density at radius 1 is 1.35 bits per heavy atom. The Morgan fingerprint density at radius 3 is 2.80 bits per heavy atom. The van der Waals surface area contributed by atoms with Gasteiger partial charge in [0.2, 0.25) is 0 Å². The summed E-state index contributed by atoms with van der Waals surface area (Å²) in [4.78, 5) is 0. The molecule has 0 aliphatic carbocycles. The van der Waals surface area contributed by atoms with Crippen molar-refractivity contribution in [1.29, 1.82) is 0 Å². The Hall–Kier alpha value is -0.900. The van der Waals surface area contributed by atoms with Gasteiger partial charge in [0.05, 0.1) is 18.8 Å². The Kier molecular flexibility index (Phi) is 6.02. The first-order valence-corrected chi connectivity index (χ1v) is 7.76. The van der Waals surface area contributed by atoms with Crippen molar-refractivity contribution in [3.63, 3.8) is 0 Å². The van der Waals surface area contributed by atoms with Gasteiger partial charge in [-0.2, -0.15) is 0 Å². The van der Waals surface area contributed by atoms with Crippen molar-refractivity contribution in [2.75, 3.05) is 13.2 Å². The number of nitrogens with two attached hydrogens (primary N) is 1. The molecule has 3 unspecified atom stereocenters. The highest BCUT2D eigenvalue weighted by Crippen LogP contribution is 2.26. The van der Waals surface area contributed by atoms with Gasteiger partial charge in [-0.05, 0) is 43.7 Å². The highest BCUT2D eigenvalue weighted by atomic mass is 16.5. The summed E-state index contributed by atoms with van der Waals surface area (Å²) in [6, 6.07) is 8.37. The van der Waals surface area contributed by atoms with Crippen molar-refractivity contribution in [3.05, 3.63) is 35.4 Å². The lowest BCUT2D eigenvalue weighted by molar-refractivity contribution is -0.0696. The summed E-state index contributed by atoms with van der Waals surface area (Å²) in [5.74, 6) is 0. The van der Waals surface area contributed by atoms with E-state index < -0.39 is 0 Å². The number of hydrogen-bond donors (Lipinski definition) is 1. The lowest BCUT2D eigenvalue weighted by atomic mass is 9.96. The molecule has 2 rings (SSSR count). The summed E-state index contributed by atoms with van der Waals surface area (Å²) in [5, 5.41) is 0. The Bertz CT molecular complexity index is 402. The number of benzene rings is 1. The quantitative estimate of drug-likeness (QED) is 0.867. The standard InChI is InChI=1S/C17H27NO2/c1-3-16(18)17(15-10-5-4-8-13(15)2)20-12-14-9-6-7-11-19-14/h4-5,8,10,14,16-17H,3,6-7,9,11-12,18H2,1-2H3. The molecule has 1 fully saturated rings. The number of rotatable bonds is 6. The fraction of sp³-hybridized carbons (Fsp3) is 0.647. The van der Waals surface area contributed by atoms with E-state index in [2.05, 4.69) is 38.1 Å². The molecule has 1 aliphatic rings. The average Bonchev–Trinajstić information content (AvgIpc) is 2.50. The predicted octanol–water partition coefficient (Wildman–Crippen LogP) is 3.36. The lowest BCUT2D eigenvalue weighted by Crippen LogP contribution is -2.33. The molecule has 0 aromatic heterocycles. The molecule has 3 nitrogen and oxygen atoms in total.